The number of hydrogen-bond donors (Lipinski definition) is 1. The normalized spacial score (nSPS) is 19.5. The highest BCUT2D eigenvalue weighted by Crippen LogP contribution is 2.39. The fourth-order valence-electron chi connectivity index (χ4n) is 6.54. The summed E-state index contributed by atoms with van der Waals surface area (Å²) < 4.78 is 7.86. The van der Waals surface area contributed by atoms with Crippen LogP contribution in [0.1, 0.15) is 45.7 Å². The van der Waals surface area contributed by atoms with Crippen molar-refractivity contribution in [1.29, 1.82) is 0 Å². The maximum absolute atomic E-state index is 13.6. The van der Waals surface area contributed by atoms with Gasteiger partial charge in [0.05, 0.1) is 24.0 Å². The summed E-state index contributed by atoms with van der Waals surface area (Å²) in [5.74, 6) is 0.541. The van der Waals surface area contributed by atoms with Crippen LogP contribution in [-0.2, 0) is 11.3 Å². The minimum Gasteiger partial charge on any atom is -0.497 e. The second-order valence-corrected chi connectivity index (χ2v) is 12.3. The molecule has 3 amide bonds. The minimum atomic E-state index is -0.333. The number of pyridine rings is 1. The highest BCUT2D eigenvalue weighted by atomic mass is 79.9. The molecule has 0 spiro atoms. The molecule has 2 aromatic carbocycles. The molecule has 2 atom stereocenters. The van der Waals surface area contributed by atoms with Crippen LogP contribution < -0.4 is 20.5 Å². The second kappa shape index (κ2) is 11.9. The van der Waals surface area contributed by atoms with Gasteiger partial charge in [-0.05, 0) is 70.7 Å². The third kappa shape index (κ3) is 5.78. The summed E-state index contributed by atoms with van der Waals surface area (Å²) in [5.41, 5.74) is 3.31. The SMILES string of the molecule is COc1ccc(Br)c(C(=O)Nc2cc(C(=O)N3CCN(C(C)=O)CC3)ccc2N2CC3CC(C2)c2cccc(=O)n2C3)c1. The van der Waals surface area contributed by atoms with E-state index in [-0.39, 0.29) is 35.1 Å². The number of fused-ring (bicyclic) bond motifs is 4. The number of nitrogens with zero attached hydrogens (tertiary/aromatic N) is 4. The van der Waals surface area contributed by atoms with Crippen LogP contribution >= 0.6 is 15.9 Å². The highest BCUT2D eigenvalue weighted by molar-refractivity contribution is 9.10. The molecule has 6 rings (SSSR count). The van der Waals surface area contributed by atoms with Gasteiger partial charge in [-0.25, -0.2) is 0 Å². The monoisotopic (exact) mass is 647 g/mol. The third-order valence-corrected chi connectivity index (χ3v) is 9.43. The van der Waals surface area contributed by atoms with Crippen LogP contribution in [0.5, 0.6) is 5.75 Å². The van der Waals surface area contributed by atoms with Gasteiger partial charge in [0.2, 0.25) is 5.91 Å². The van der Waals surface area contributed by atoms with Crippen LogP contribution in [0, 0.1) is 5.92 Å². The number of aromatic nitrogens is 1. The molecule has 10 nitrogen and oxygen atoms in total. The zero-order chi connectivity index (χ0) is 30.2. The van der Waals surface area contributed by atoms with Crippen molar-refractivity contribution in [2.75, 3.05) is 56.6 Å². The number of halogens is 1. The number of carbonyl (C=O) groups excluding carboxylic acids is 3. The summed E-state index contributed by atoms with van der Waals surface area (Å²) >= 11 is 3.48. The van der Waals surface area contributed by atoms with Gasteiger partial charge in [0.25, 0.3) is 17.4 Å². The lowest BCUT2D eigenvalue weighted by molar-refractivity contribution is -0.130. The van der Waals surface area contributed by atoms with Crippen molar-refractivity contribution in [3.63, 3.8) is 0 Å². The average Bonchev–Trinajstić information content (AvgIpc) is 3.01. The van der Waals surface area contributed by atoms with Crippen molar-refractivity contribution in [3.05, 3.63) is 86.2 Å². The van der Waals surface area contributed by atoms with Crippen LogP contribution in [0.4, 0.5) is 11.4 Å². The Bertz CT molecular complexity index is 1650. The quantitative estimate of drug-likeness (QED) is 0.452. The summed E-state index contributed by atoms with van der Waals surface area (Å²) in [5, 5.41) is 3.09. The van der Waals surface area contributed by atoms with Crippen molar-refractivity contribution >= 4 is 45.0 Å². The zero-order valence-electron chi connectivity index (χ0n) is 24.2. The Balaban J connectivity index is 1.32. The van der Waals surface area contributed by atoms with Crippen molar-refractivity contribution in [3.8, 4) is 5.75 Å². The lowest BCUT2D eigenvalue weighted by Gasteiger charge is -2.44. The molecule has 1 N–H and O–H groups in total. The number of piperazine rings is 1. The van der Waals surface area contributed by atoms with Crippen molar-refractivity contribution in [1.82, 2.24) is 14.4 Å². The molecule has 2 fully saturated rings. The van der Waals surface area contributed by atoms with Crippen molar-refractivity contribution in [2.24, 2.45) is 5.92 Å². The van der Waals surface area contributed by atoms with E-state index in [1.807, 2.05) is 28.8 Å². The summed E-state index contributed by atoms with van der Waals surface area (Å²) in [4.78, 5) is 57.3. The molecule has 0 radical (unpaired) electrons. The molecule has 3 aromatic rings. The maximum Gasteiger partial charge on any atom is 0.257 e. The van der Waals surface area contributed by atoms with Gasteiger partial charge < -0.3 is 29.3 Å². The Labute approximate surface area is 258 Å². The van der Waals surface area contributed by atoms with Gasteiger partial charge in [0, 0.05) is 80.5 Å². The number of hydrogen-bond acceptors (Lipinski definition) is 6. The van der Waals surface area contributed by atoms with Crippen molar-refractivity contribution in [2.45, 2.75) is 25.8 Å². The molecule has 2 unspecified atom stereocenters. The summed E-state index contributed by atoms with van der Waals surface area (Å²) in [7, 11) is 1.55. The average molecular weight is 649 g/mol. The highest BCUT2D eigenvalue weighted by Gasteiger charge is 2.35. The number of piperidine rings is 1. The molecule has 43 heavy (non-hydrogen) atoms. The molecule has 3 aliphatic rings. The van der Waals surface area contributed by atoms with E-state index < -0.39 is 0 Å². The largest absolute Gasteiger partial charge is 0.497 e. The fraction of sp³-hybridized carbons (Fsp3) is 0.375. The number of anilines is 2. The zero-order valence-corrected chi connectivity index (χ0v) is 25.8. The minimum absolute atomic E-state index is 0.00366. The Morgan fingerprint density at radius 1 is 0.930 bits per heavy atom. The van der Waals surface area contributed by atoms with E-state index in [1.54, 1.807) is 47.2 Å². The lowest BCUT2D eigenvalue weighted by atomic mass is 9.83. The number of carbonyl (C=O) groups is 3. The first-order valence-electron chi connectivity index (χ1n) is 14.5. The van der Waals surface area contributed by atoms with E-state index in [1.165, 1.54) is 6.92 Å². The van der Waals surface area contributed by atoms with E-state index in [9.17, 15) is 19.2 Å². The number of amides is 3. The van der Waals surface area contributed by atoms with Crippen molar-refractivity contribution < 1.29 is 19.1 Å². The molecule has 0 aliphatic carbocycles. The first kappa shape index (κ1) is 29.0. The predicted molar refractivity (Wildman–Crippen MR) is 167 cm³/mol. The van der Waals surface area contributed by atoms with E-state index in [2.05, 4.69) is 26.1 Å². The van der Waals surface area contributed by atoms with Crippen LogP contribution in [0.3, 0.4) is 0 Å². The topological polar surface area (TPSA) is 104 Å². The van der Waals surface area contributed by atoms with Gasteiger partial charge in [0.15, 0.2) is 0 Å². The van der Waals surface area contributed by atoms with E-state index in [4.69, 9.17) is 4.74 Å². The Hall–Kier alpha value is -4.12. The Morgan fingerprint density at radius 2 is 1.70 bits per heavy atom. The van der Waals surface area contributed by atoms with E-state index in [0.717, 1.165) is 24.3 Å². The summed E-state index contributed by atoms with van der Waals surface area (Å²) in [6, 6.07) is 16.1. The second-order valence-electron chi connectivity index (χ2n) is 11.4. The molecule has 2 bridgehead atoms. The molecular weight excluding hydrogens is 614 g/mol. The molecule has 1 aromatic heterocycles. The predicted octanol–water partition coefficient (Wildman–Crippen LogP) is 3.80. The van der Waals surface area contributed by atoms with Gasteiger partial charge in [-0.1, -0.05) is 6.07 Å². The number of benzene rings is 2. The molecule has 224 valence electrons. The van der Waals surface area contributed by atoms with Crippen LogP contribution in [0.15, 0.2) is 63.9 Å². The Morgan fingerprint density at radius 3 is 2.44 bits per heavy atom. The van der Waals surface area contributed by atoms with E-state index >= 15 is 0 Å². The number of methoxy groups -OCH3 is 1. The van der Waals surface area contributed by atoms with Crippen LogP contribution in [0.25, 0.3) is 0 Å². The van der Waals surface area contributed by atoms with Gasteiger partial charge in [0.1, 0.15) is 5.75 Å². The molecule has 3 aliphatic heterocycles. The van der Waals surface area contributed by atoms with Crippen LogP contribution in [-0.4, -0.2) is 78.5 Å². The summed E-state index contributed by atoms with van der Waals surface area (Å²) in [6.45, 7) is 5.50. The fourth-order valence-corrected chi connectivity index (χ4v) is 6.97. The number of rotatable bonds is 5. The molecule has 4 heterocycles. The molecule has 0 saturated carbocycles. The van der Waals surface area contributed by atoms with E-state index in [0.29, 0.717) is 66.3 Å². The first-order chi connectivity index (χ1) is 20.7. The molecule has 11 heteroatoms. The summed E-state index contributed by atoms with van der Waals surface area (Å²) in [6.07, 6.45) is 1.00. The Kier molecular flexibility index (Phi) is 8.00. The maximum atomic E-state index is 13.6. The number of nitrogens with one attached hydrogen (secondary N) is 1. The third-order valence-electron chi connectivity index (χ3n) is 8.74. The first-order valence-corrected chi connectivity index (χ1v) is 15.3. The van der Waals surface area contributed by atoms with Gasteiger partial charge in [-0.15, -0.1) is 0 Å². The van der Waals surface area contributed by atoms with Gasteiger partial charge in [-0.3, -0.25) is 19.2 Å². The van der Waals surface area contributed by atoms with Crippen LogP contribution in [0.2, 0.25) is 0 Å². The van der Waals surface area contributed by atoms with Gasteiger partial charge >= 0.3 is 0 Å². The molecular formula is C32H34BrN5O5. The lowest BCUT2D eigenvalue weighted by Crippen LogP contribution is -2.50. The smallest absolute Gasteiger partial charge is 0.257 e. The standard InChI is InChI=1S/C32H34BrN5O5/c1-20(39)35-10-12-36(13-11-35)32(42)22-6-9-29(27(15-22)34-31(41)25-16-24(43-2)7-8-26(25)33)37-17-21-14-23(19-37)28-4-3-5-30(40)38(28)18-21/h3-9,15-16,21,23H,10-14,17-19H2,1-2H3,(H,34,41). The van der Waals surface area contributed by atoms with Gasteiger partial charge in [-0.2, -0.15) is 0 Å². The molecule has 2 saturated heterocycles. The number of ether oxygens (including phenoxy) is 1.